The van der Waals surface area contributed by atoms with Crippen LogP contribution >= 0.6 is 0 Å². The lowest BCUT2D eigenvalue weighted by Gasteiger charge is -2.02. The van der Waals surface area contributed by atoms with Gasteiger partial charge in [-0.05, 0) is 6.07 Å². The number of aromatic amines is 1. The number of esters is 1. The van der Waals surface area contributed by atoms with Gasteiger partial charge in [-0.2, -0.15) is 0 Å². The summed E-state index contributed by atoms with van der Waals surface area (Å²) >= 11 is 0. The molecule has 7 nitrogen and oxygen atoms in total. The van der Waals surface area contributed by atoms with E-state index in [1.54, 1.807) is 0 Å². The molecule has 0 aliphatic rings. The van der Waals surface area contributed by atoms with Crippen LogP contribution in [0.4, 0.5) is 0 Å². The zero-order valence-corrected chi connectivity index (χ0v) is 13.7. The zero-order valence-electron chi connectivity index (χ0n) is 13.7. The Labute approximate surface area is 143 Å². The molecule has 7 heteroatoms. The summed E-state index contributed by atoms with van der Waals surface area (Å²) in [6.45, 7) is 0.106. The van der Waals surface area contributed by atoms with E-state index in [1.807, 2.05) is 30.3 Å². The van der Waals surface area contributed by atoms with Gasteiger partial charge < -0.3 is 19.0 Å². The van der Waals surface area contributed by atoms with E-state index in [1.165, 1.54) is 26.5 Å². The first-order valence-electron chi connectivity index (χ1n) is 7.50. The van der Waals surface area contributed by atoms with E-state index in [2.05, 4.69) is 14.9 Å². The number of benzene rings is 1. The number of methoxy groups -OCH3 is 2. The van der Waals surface area contributed by atoms with Crippen LogP contribution in [0.5, 0.6) is 0 Å². The van der Waals surface area contributed by atoms with Crippen molar-refractivity contribution >= 4 is 11.8 Å². The molecule has 0 saturated heterocycles. The second kappa shape index (κ2) is 7.14. The molecule has 25 heavy (non-hydrogen) atoms. The maximum absolute atomic E-state index is 13.0. The molecule has 0 unspecified atom stereocenters. The average molecular weight is 340 g/mol. The third-order valence-electron chi connectivity index (χ3n) is 3.66. The molecule has 0 bridgehead atoms. The Bertz CT molecular complexity index is 895. The molecule has 1 N–H and O–H groups in total. The second-order valence-corrected chi connectivity index (χ2v) is 5.25. The van der Waals surface area contributed by atoms with Gasteiger partial charge in [0.25, 0.3) is 0 Å². The van der Waals surface area contributed by atoms with Gasteiger partial charge in [0.1, 0.15) is 18.0 Å². The van der Waals surface area contributed by atoms with Crippen molar-refractivity contribution in [3.63, 3.8) is 0 Å². The molecule has 0 radical (unpaired) electrons. The van der Waals surface area contributed by atoms with E-state index >= 15 is 0 Å². The Morgan fingerprint density at radius 2 is 1.96 bits per heavy atom. The average Bonchev–Trinajstić information content (AvgIpc) is 3.29. The third-order valence-corrected chi connectivity index (χ3v) is 3.66. The van der Waals surface area contributed by atoms with Gasteiger partial charge in [0.05, 0.1) is 12.7 Å². The minimum atomic E-state index is -0.551. The number of H-pyrrole nitrogens is 1. The summed E-state index contributed by atoms with van der Waals surface area (Å²) in [7, 11) is 2.78. The Morgan fingerprint density at radius 1 is 1.20 bits per heavy atom. The van der Waals surface area contributed by atoms with Crippen LogP contribution in [0.1, 0.15) is 32.2 Å². The van der Waals surface area contributed by atoms with Gasteiger partial charge in [-0.1, -0.05) is 35.5 Å². The van der Waals surface area contributed by atoms with Gasteiger partial charge in [-0.3, -0.25) is 4.79 Å². The van der Waals surface area contributed by atoms with Crippen molar-refractivity contribution in [3.05, 3.63) is 65.2 Å². The van der Waals surface area contributed by atoms with E-state index < -0.39 is 5.97 Å². The number of nitrogens with one attached hydrogen (secondary N) is 1. The summed E-state index contributed by atoms with van der Waals surface area (Å²) in [6, 6.07) is 10.7. The van der Waals surface area contributed by atoms with Crippen molar-refractivity contribution in [3.8, 4) is 11.3 Å². The maximum atomic E-state index is 13.0. The quantitative estimate of drug-likeness (QED) is 0.548. The van der Waals surface area contributed by atoms with Crippen LogP contribution in [-0.4, -0.2) is 36.1 Å². The molecule has 3 rings (SSSR count). The van der Waals surface area contributed by atoms with Crippen LogP contribution in [0.2, 0.25) is 0 Å². The maximum Gasteiger partial charge on any atom is 0.354 e. The minimum Gasteiger partial charge on any atom is -0.464 e. The Kier molecular flexibility index (Phi) is 4.76. The molecule has 0 saturated carbocycles. The molecule has 0 atom stereocenters. The first kappa shape index (κ1) is 16.7. The van der Waals surface area contributed by atoms with Crippen LogP contribution in [0.25, 0.3) is 11.3 Å². The molecule has 3 aromatic rings. The molecule has 0 aliphatic heterocycles. The lowest BCUT2D eigenvalue weighted by Crippen LogP contribution is -2.05. The summed E-state index contributed by atoms with van der Waals surface area (Å²) < 4.78 is 15.1. The summed E-state index contributed by atoms with van der Waals surface area (Å²) in [5.74, 6) is -0.546. The second-order valence-electron chi connectivity index (χ2n) is 5.25. The minimum absolute atomic E-state index is 0.106. The highest BCUT2D eigenvalue weighted by atomic mass is 16.5. The first-order chi connectivity index (χ1) is 12.2. The fourth-order valence-electron chi connectivity index (χ4n) is 2.48. The number of aromatic nitrogens is 2. The van der Waals surface area contributed by atoms with Crippen molar-refractivity contribution in [1.82, 2.24) is 10.1 Å². The summed E-state index contributed by atoms with van der Waals surface area (Å²) in [5, 5.41) is 4.03. The van der Waals surface area contributed by atoms with Crippen molar-refractivity contribution < 1.29 is 23.6 Å². The lowest BCUT2D eigenvalue weighted by molar-refractivity contribution is 0.0595. The monoisotopic (exact) mass is 340 g/mol. The molecule has 1 aromatic carbocycles. The fraction of sp³-hybridized carbons (Fsp3) is 0.167. The standard InChI is InChI=1S/C18H16N2O5/c1-23-10-14-15(16(20-25-14)11-6-4-3-5-7-11)17(21)12-8-13(19-9-12)18(22)24-2/h3-9,19H,10H2,1-2H3. The smallest absolute Gasteiger partial charge is 0.354 e. The largest absolute Gasteiger partial charge is 0.464 e. The number of hydrogen-bond acceptors (Lipinski definition) is 6. The number of hydrogen-bond donors (Lipinski definition) is 1. The molecule has 0 spiro atoms. The number of rotatable bonds is 6. The summed E-state index contributed by atoms with van der Waals surface area (Å²) in [4.78, 5) is 27.3. The zero-order chi connectivity index (χ0) is 17.8. The molecular formula is C18H16N2O5. The number of ether oxygens (including phenoxy) is 2. The van der Waals surface area contributed by atoms with Gasteiger partial charge in [-0.25, -0.2) is 4.79 Å². The lowest BCUT2D eigenvalue weighted by atomic mass is 9.99. The predicted octanol–water partition coefficient (Wildman–Crippen LogP) is 2.83. The Morgan fingerprint density at radius 3 is 2.64 bits per heavy atom. The summed E-state index contributed by atoms with van der Waals surface area (Å²) in [6.07, 6.45) is 1.45. The number of nitrogens with zero attached hydrogens (tertiary/aromatic N) is 1. The van der Waals surface area contributed by atoms with Gasteiger partial charge >= 0.3 is 5.97 Å². The topological polar surface area (TPSA) is 94.4 Å². The van der Waals surface area contributed by atoms with E-state index in [0.29, 0.717) is 22.6 Å². The predicted molar refractivity (Wildman–Crippen MR) is 88.2 cm³/mol. The first-order valence-corrected chi connectivity index (χ1v) is 7.50. The van der Waals surface area contributed by atoms with Crippen molar-refractivity contribution in [2.75, 3.05) is 14.2 Å². The van der Waals surface area contributed by atoms with Crippen molar-refractivity contribution in [2.24, 2.45) is 0 Å². The fourth-order valence-corrected chi connectivity index (χ4v) is 2.48. The van der Waals surface area contributed by atoms with Crippen LogP contribution in [0.3, 0.4) is 0 Å². The molecule has 0 aliphatic carbocycles. The summed E-state index contributed by atoms with van der Waals surface area (Å²) in [5.41, 5.74) is 1.98. The third kappa shape index (κ3) is 3.22. The highest BCUT2D eigenvalue weighted by Crippen LogP contribution is 2.28. The van der Waals surface area contributed by atoms with Gasteiger partial charge in [-0.15, -0.1) is 0 Å². The molecule has 2 aromatic heterocycles. The van der Waals surface area contributed by atoms with Crippen LogP contribution < -0.4 is 0 Å². The normalized spacial score (nSPS) is 10.6. The molecule has 128 valence electrons. The SMILES string of the molecule is COCc1onc(-c2ccccc2)c1C(=O)c1c[nH]c(C(=O)OC)c1. The van der Waals surface area contributed by atoms with Crippen molar-refractivity contribution in [2.45, 2.75) is 6.61 Å². The van der Waals surface area contributed by atoms with Crippen molar-refractivity contribution in [1.29, 1.82) is 0 Å². The van der Waals surface area contributed by atoms with Crippen LogP contribution in [0, 0.1) is 0 Å². The van der Waals surface area contributed by atoms with Crippen LogP contribution in [0.15, 0.2) is 47.1 Å². The molecule has 0 fully saturated rings. The van der Waals surface area contributed by atoms with E-state index in [0.717, 1.165) is 5.56 Å². The molecule has 0 amide bonds. The number of ketones is 1. The highest BCUT2D eigenvalue weighted by molar-refractivity contribution is 6.13. The Balaban J connectivity index is 2.05. The molecular weight excluding hydrogens is 324 g/mol. The molecule has 2 heterocycles. The number of carbonyl (C=O) groups excluding carboxylic acids is 2. The van der Waals surface area contributed by atoms with E-state index in [9.17, 15) is 9.59 Å². The van der Waals surface area contributed by atoms with Gasteiger partial charge in [0, 0.05) is 24.4 Å². The van der Waals surface area contributed by atoms with E-state index in [4.69, 9.17) is 9.26 Å². The highest BCUT2D eigenvalue weighted by Gasteiger charge is 2.26. The Hall–Kier alpha value is -3.19. The van der Waals surface area contributed by atoms with Gasteiger partial charge in [0.2, 0.25) is 5.78 Å². The van der Waals surface area contributed by atoms with Gasteiger partial charge in [0.15, 0.2) is 5.76 Å². The van der Waals surface area contributed by atoms with Crippen LogP contribution in [-0.2, 0) is 16.1 Å². The number of carbonyl (C=O) groups is 2. The van der Waals surface area contributed by atoms with E-state index in [-0.39, 0.29) is 18.1 Å².